The largest absolute Gasteiger partial charge is 0.396 e. The van der Waals surface area contributed by atoms with Gasteiger partial charge in [-0.1, -0.05) is 36.8 Å². The van der Waals surface area contributed by atoms with Gasteiger partial charge in [-0.15, -0.1) is 5.10 Å². The molecule has 0 unspecified atom stereocenters. The van der Waals surface area contributed by atoms with E-state index in [4.69, 9.17) is 0 Å². The van der Waals surface area contributed by atoms with Crippen molar-refractivity contribution in [2.45, 2.75) is 38.8 Å². The van der Waals surface area contributed by atoms with Gasteiger partial charge in [0.2, 0.25) is 0 Å². The van der Waals surface area contributed by atoms with E-state index in [1.54, 1.807) is 4.68 Å². The fraction of sp³-hybridized carbons (Fsp3) is 0.556. The molecule has 3 rings (SSSR count). The van der Waals surface area contributed by atoms with E-state index in [9.17, 15) is 10.2 Å². The number of nitrogens with zero attached hydrogens (tertiary/aromatic N) is 4. The zero-order valence-corrected chi connectivity index (χ0v) is 14.2. The molecule has 1 fully saturated rings. The Labute approximate surface area is 142 Å². The van der Waals surface area contributed by atoms with E-state index in [1.165, 1.54) is 0 Å². The quantitative estimate of drug-likeness (QED) is 0.842. The van der Waals surface area contributed by atoms with Crippen molar-refractivity contribution in [2.24, 2.45) is 5.41 Å². The third-order valence-corrected chi connectivity index (χ3v) is 4.97. The van der Waals surface area contributed by atoms with E-state index in [0.717, 1.165) is 30.8 Å². The summed E-state index contributed by atoms with van der Waals surface area (Å²) in [4.78, 5) is 2.26. The van der Waals surface area contributed by atoms with Gasteiger partial charge >= 0.3 is 0 Å². The van der Waals surface area contributed by atoms with E-state index in [-0.39, 0.29) is 6.61 Å². The maximum atomic E-state index is 10.4. The molecule has 0 saturated carbocycles. The van der Waals surface area contributed by atoms with Crippen molar-refractivity contribution >= 4 is 0 Å². The van der Waals surface area contributed by atoms with Crippen molar-refractivity contribution in [3.63, 3.8) is 0 Å². The summed E-state index contributed by atoms with van der Waals surface area (Å²) in [6, 6.07) is 9.91. The molecular formula is C18H26N4O2. The summed E-state index contributed by atoms with van der Waals surface area (Å²) >= 11 is 0. The van der Waals surface area contributed by atoms with Crippen LogP contribution < -0.4 is 0 Å². The van der Waals surface area contributed by atoms with Crippen molar-refractivity contribution in [2.75, 3.05) is 19.7 Å². The van der Waals surface area contributed by atoms with Crippen LogP contribution in [0, 0.1) is 5.41 Å². The van der Waals surface area contributed by atoms with Gasteiger partial charge in [0.25, 0.3) is 0 Å². The summed E-state index contributed by atoms with van der Waals surface area (Å²) in [6.07, 6.45) is 3.99. The molecule has 2 aromatic rings. The third kappa shape index (κ3) is 3.50. The highest BCUT2D eigenvalue weighted by Crippen LogP contribution is 2.35. The van der Waals surface area contributed by atoms with Crippen molar-refractivity contribution in [1.29, 1.82) is 0 Å². The number of aliphatic hydroxyl groups excluding tert-OH is 2. The van der Waals surface area contributed by atoms with Crippen LogP contribution in [0.4, 0.5) is 0 Å². The predicted molar refractivity (Wildman–Crippen MR) is 91.7 cm³/mol. The number of hydrogen-bond acceptors (Lipinski definition) is 5. The first-order valence-corrected chi connectivity index (χ1v) is 8.65. The minimum Gasteiger partial charge on any atom is -0.396 e. The molecule has 0 bridgehead atoms. The molecule has 6 nitrogen and oxygen atoms in total. The second kappa shape index (κ2) is 7.42. The normalized spacial score (nSPS) is 25.0. The molecule has 2 N–H and O–H groups in total. The van der Waals surface area contributed by atoms with Crippen LogP contribution in [0.5, 0.6) is 0 Å². The predicted octanol–water partition coefficient (Wildman–Crippen LogP) is 1.61. The van der Waals surface area contributed by atoms with E-state index in [0.29, 0.717) is 19.5 Å². The minimum atomic E-state index is -0.432. The molecule has 1 aliphatic heterocycles. The summed E-state index contributed by atoms with van der Waals surface area (Å²) in [5, 5.41) is 28.7. The Morgan fingerprint density at radius 3 is 2.79 bits per heavy atom. The molecule has 0 radical (unpaired) electrons. The summed E-state index contributed by atoms with van der Waals surface area (Å²) < 4.78 is 1.78. The molecule has 0 aliphatic carbocycles. The van der Waals surface area contributed by atoms with Crippen LogP contribution in [0.2, 0.25) is 0 Å². The zero-order chi connectivity index (χ0) is 17.0. The molecule has 1 saturated heterocycles. The fourth-order valence-electron chi connectivity index (χ4n) is 3.66. The van der Waals surface area contributed by atoms with Gasteiger partial charge in [0, 0.05) is 25.0 Å². The van der Waals surface area contributed by atoms with Crippen LogP contribution in [-0.4, -0.2) is 55.9 Å². The first-order valence-electron chi connectivity index (χ1n) is 8.65. The Morgan fingerprint density at radius 2 is 2.08 bits per heavy atom. The van der Waals surface area contributed by atoms with Crippen LogP contribution in [0.25, 0.3) is 5.69 Å². The number of piperidine rings is 1. The Balaban J connectivity index is 1.69. The summed E-state index contributed by atoms with van der Waals surface area (Å²) in [7, 11) is 0. The summed E-state index contributed by atoms with van der Waals surface area (Å²) in [5.41, 5.74) is 1.47. The van der Waals surface area contributed by atoms with E-state index in [1.807, 2.05) is 36.5 Å². The number of para-hydroxylation sites is 1. The van der Waals surface area contributed by atoms with Gasteiger partial charge < -0.3 is 10.2 Å². The molecule has 24 heavy (non-hydrogen) atoms. The average Bonchev–Trinajstić information content (AvgIpc) is 3.07. The highest BCUT2D eigenvalue weighted by atomic mass is 16.3. The van der Waals surface area contributed by atoms with Crippen molar-refractivity contribution < 1.29 is 10.2 Å². The van der Waals surface area contributed by atoms with E-state index < -0.39 is 11.5 Å². The van der Waals surface area contributed by atoms with Crippen molar-refractivity contribution in [3.05, 3.63) is 42.2 Å². The Bertz CT molecular complexity index is 645. The van der Waals surface area contributed by atoms with Gasteiger partial charge in [-0.05, 0) is 25.0 Å². The highest BCUT2D eigenvalue weighted by molar-refractivity contribution is 5.29. The number of benzene rings is 1. The fourth-order valence-corrected chi connectivity index (χ4v) is 3.66. The monoisotopic (exact) mass is 330 g/mol. The molecular weight excluding hydrogens is 304 g/mol. The molecule has 2 heterocycles. The number of likely N-dealkylation sites (tertiary alicyclic amines) is 1. The molecule has 6 heteroatoms. The summed E-state index contributed by atoms with van der Waals surface area (Å²) in [6.45, 7) is 4.30. The average molecular weight is 330 g/mol. The standard InChI is InChI=1S/C18H26N4O2/c1-2-9-18(14-23)13-21(10-8-17(18)24)11-15-12-22(20-19-15)16-6-4-3-5-7-16/h3-7,12,17,23-24H,2,8-11,13-14H2,1H3/t17-,18-/m0/s1. The van der Waals surface area contributed by atoms with E-state index >= 15 is 0 Å². The summed E-state index contributed by atoms with van der Waals surface area (Å²) in [5.74, 6) is 0. The highest BCUT2D eigenvalue weighted by Gasteiger charge is 2.41. The van der Waals surface area contributed by atoms with Gasteiger partial charge in [-0.25, -0.2) is 4.68 Å². The Morgan fingerprint density at radius 1 is 1.29 bits per heavy atom. The van der Waals surface area contributed by atoms with Crippen LogP contribution >= 0.6 is 0 Å². The smallest absolute Gasteiger partial charge is 0.0971 e. The lowest BCUT2D eigenvalue weighted by Gasteiger charge is -2.45. The Hall–Kier alpha value is -1.76. The zero-order valence-electron chi connectivity index (χ0n) is 14.2. The minimum absolute atomic E-state index is 0.0230. The van der Waals surface area contributed by atoms with Crippen LogP contribution in [0.15, 0.2) is 36.5 Å². The molecule has 1 aliphatic rings. The van der Waals surface area contributed by atoms with Crippen LogP contribution in [0.3, 0.4) is 0 Å². The lowest BCUT2D eigenvalue weighted by Crippen LogP contribution is -2.53. The van der Waals surface area contributed by atoms with Gasteiger partial charge in [-0.2, -0.15) is 0 Å². The first-order chi connectivity index (χ1) is 11.7. The van der Waals surface area contributed by atoms with Crippen LogP contribution in [0.1, 0.15) is 31.9 Å². The molecule has 0 amide bonds. The molecule has 2 atom stereocenters. The third-order valence-electron chi connectivity index (χ3n) is 4.97. The second-order valence-corrected chi connectivity index (χ2v) is 6.78. The number of rotatable bonds is 6. The maximum absolute atomic E-state index is 10.4. The molecule has 130 valence electrons. The first kappa shape index (κ1) is 17.1. The van der Waals surface area contributed by atoms with E-state index in [2.05, 4.69) is 22.1 Å². The lowest BCUT2D eigenvalue weighted by atomic mass is 9.74. The lowest BCUT2D eigenvalue weighted by molar-refractivity contribution is -0.0821. The van der Waals surface area contributed by atoms with Crippen LogP contribution in [-0.2, 0) is 6.54 Å². The SMILES string of the molecule is CCC[C@@]1(CO)CN(Cc2cn(-c3ccccc3)nn2)CC[C@@H]1O. The topological polar surface area (TPSA) is 74.4 Å². The molecule has 0 spiro atoms. The van der Waals surface area contributed by atoms with Gasteiger partial charge in [0.1, 0.15) is 0 Å². The molecule has 1 aromatic carbocycles. The number of hydrogen-bond donors (Lipinski definition) is 2. The number of aromatic nitrogens is 3. The Kier molecular flexibility index (Phi) is 5.28. The maximum Gasteiger partial charge on any atom is 0.0971 e. The second-order valence-electron chi connectivity index (χ2n) is 6.78. The number of aliphatic hydroxyl groups is 2. The van der Waals surface area contributed by atoms with Gasteiger partial charge in [0.05, 0.1) is 30.3 Å². The van der Waals surface area contributed by atoms with Crippen molar-refractivity contribution in [3.8, 4) is 5.69 Å². The van der Waals surface area contributed by atoms with Crippen molar-refractivity contribution in [1.82, 2.24) is 19.9 Å². The van der Waals surface area contributed by atoms with Gasteiger partial charge in [-0.3, -0.25) is 4.90 Å². The molecule has 1 aromatic heterocycles. The van der Waals surface area contributed by atoms with Gasteiger partial charge in [0.15, 0.2) is 0 Å².